The normalized spacial score (nSPS) is 16.9. The molecule has 3 aromatic carbocycles. The first-order valence-corrected chi connectivity index (χ1v) is 12.9. The molecule has 1 fully saturated rings. The fraction of sp³-hybridized carbons (Fsp3) is 0.312. The van der Waals surface area contributed by atoms with Gasteiger partial charge in [-0.2, -0.15) is 0 Å². The summed E-state index contributed by atoms with van der Waals surface area (Å²) in [5.41, 5.74) is 3.14. The maximum absolute atomic E-state index is 13.5. The van der Waals surface area contributed by atoms with E-state index < -0.39 is 17.7 Å². The Kier molecular flexibility index (Phi) is 8.20. The fourth-order valence-corrected chi connectivity index (χ4v) is 4.62. The van der Waals surface area contributed by atoms with Crippen LogP contribution in [0.25, 0.3) is 5.76 Å². The van der Waals surface area contributed by atoms with Gasteiger partial charge in [0, 0.05) is 11.1 Å². The lowest BCUT2D eigenvalue weighted by Crippen LogP contribution is -2.29. The Balaban J connectivity index is 1.82. The van der Waals surface area contributed by atoms with Crippen LogP contribution in [0, 0.1) is 5.92 Å². The van der Waals surface area contributed by atoms with Crippen LogP contribution in [-0.4, -0.2) is 35.4 Å². The van der Waals surface area contributed by atoms with E-state index in [2.05, 4.69) is 27.7 Å². The average molecular weight is 514 g/mol. The molecule has 6 nitrogen and oxygen atoms in total. The lowest BCUT2D eigenvalue weighted by molar-refractivity contribution is -0.140. The number of aliphatic hydroxyl groups is 1. The van der Waals surface area contributed by atoms with Crippen molar-refractivity contribution in [3.63, 3.8) is 0 Å². The zero-order valence-corrected chi connectivity index (χ0v) is 22.6. The maximum Gasteiger partial charge on any atom is 0.295 e. The number of carbonyl (C=O) groups is 2. The summed E-state index contributed by atoms with van der Waals surface area (Å²) in [5, 5.41) is 11.5. The molecule has 1 atom stereocenters. The summed E-state index contributed by atoms with van der Waals surface area (Å²) < 4.78 is 11.3. The Labute approximate surface area is 224 Å². The smallest absolute Gasteiger partial charge is 0.295 e. The van der Waals surface area contributed by atoms with Gasteiger partial charge in [-0.1, -0.05) is 82.3 Å². The molecule has 0 saturated carbocycles. The molecule has 6 heteroatoms. The standard InChI is InChI=1S/C32H35NO5/c1-20(2)19-38-26-11-8-10-24(17-26)30(34)28-29(23-15-13-22(14-16-23)21(3)4)33(32(36)31(28)35)18-25-9-6-7-12-27(25)37-5/h6-17,20-21,29,34H,18-19H2,1-5H3/b30-28-. The molecule has 1 N–H and O–H groups in total. The van der Waals surface area contributed by atoms with Crippen molar-refractivity contribution in [2.24, 2.45) is 5.92 Å². The maximum atomic E-state index is 13.5. The second-order valence-corrected chi connectivity index (χ2v) is 10.3. The van der Waals surface area contributed by atoms with Crippen molar-refractivity contribution in [2.75, 3.05) is 13.7 Å². The second kappa shape index (κ2) is 11.5. The number of para-hydroxylation sites is 1. The third-order valence-corrected chi connectivity index (χ3v) is 6.68. The number of rotatable bonds is 9. The zero-order valence-electron chi connectivity index (χ0n) is 22.6. The van der Waals surface area contributed by atoms with Gasteiger partial charge in [0.1, 0.15) is 17.3 Å². The van der Waals surface area contributed by atoms with Gasteiger partial charge in [-0.05, 0) is 41.2 Å². The summed E-state index contributed by atoms with van der Waals surface area (Å²) in [7, 11) is 1.57. The molecular formula is C32H35NO5. The minimum atomic E-state index is -0.763. The quantitative estimate of drug-likeness (QED) is 0.201. The highest BCUT2D eigenvalue weighted by molar-refractivity contribution is 6.46. The van der Waals surface area contributed by atoms with Gasteiger partial charge in [0.25, 0.3) is 11.7 Å². The predicted octanol–water partition coefficient (Wildman–Crippen LogP) is 6.48. The van der Waals surface area contributed by atoms with Crippen molar-refractivity contribution in [3.05, 3.63) is 101 Å². The minimum Gasteiger partial charge on any atom is -0.507 e. The Morgan fingerprint density at radius 2 is 1.66 bits per heavy atom. The van der Waals surface area contributed by atoms with Crippen LogP contribution in [0.1, 0.15) is 61.9 Å². The molecule has 1 unspecified atom stereocenters. The minimum absolute atomic E-state index is 0.0585. The van der Waals surface area contributed by atoms with Gasteiger partial charge in [-0.3, -0.25) is 9.59 Å². The fourth-order valence-electron chi connectivity index (χ4n) is 4.62. The molecule has 1 aliphatic heterocycles. The van der Waals surface area contributed by atoms with Crippen LogP contribution < -0.4 is 9.47 Å². The molecule has 1 saturated heterocycles. The number of benzene rings is 3. The summed E-state index contributed by atoms with van der Waals surface area (Å²) in [6.45, 7) is 9.00. The number of ether oxygens (including phenoxy) is 2. The molecule has 0 radical (unpaired) electrons. The molecule has 38 heavy (non-hydrogen) atoms. The number of hydrogen-bond donors (Lipinski definition) is 1. The highest BCUT2D eigenvalue weighted by Crippen LogP contribution is 2.41. The Hall–Kier alpha value is -4.06. The molecule has 3 aromatic rings. The number of hydrogen-bond acceptors (Lipinski definition) is 5. The molecular weight excluding hydrogens is 478 g/mol. The van der Waals surface area contributed by atoms with Crippen LogP contribution >= 0.6 is 0 Å². The van der Waals surface area contributed by atoms with Crippen molar-refractivity contribution >= 4 is 17.4 Å². The molecule has 198 valence electrons. The van der Waals surface area contributed by atoms with Gasteiger partial charge in [0.05, 0.1) is 31.9 Å². The Bertz CT molecular complexity index is 1340. The second-order valence-electron chi connectivity index (χ2n) is 10.3. The lowest BCUT2D eigenvalue weighted by Gasteiger charge is -2.26. The lowest BCUT2D eigenvalue weighted by atomic mass is 9.93. The van der Waals surface area contributed by atoms with E-state index in [-0.39, 0.29) is 17.9 Å². The SMILES string of the molecule is COc1ccccc1CN1C(=O)C(=O)/C(=C(\O)c2cccc(OCC(C)C)c2)C1c1ccc(C(C)C)cc1. The van der Waals surface area contributed by atoms with Crippen LogP contribution in [-0.2, 0) is 16.1 Å². The molecule has 0 aromatic heterocycles. The van der Waals surface area contributed by atoms with Crippen molar-refractivity contribution in [1.29, 1.82) is 0 Å². The predicted molar refractivity (Wildman–Crippen MR) is 148 cm³/mol. The highest BCUT2D eigenvalue weighted by Gasteiger charge is 2.46. The number of aliphatic hydroxyl groups excluding tert-OH is 1. The van der Waals surface area contributed by atoms with Crippen LogP contribution in [0.3, 0.4) is 0 Å². The summed E-state index contributed by atoms with van der Waals surface area (Å²) in [6, 6.07) is 21.5. The first-order valence-electron chi connectivity index (χ1n) is 12.9. The number of nitrogens with zero attached hydrogens (tertiary/aromatic N) is 1. The number of Topliss-reactive ketones (excluding diaryl/α,β-unsaturated/α-hetero) is 1. The van der Waals surface area contributed by atoms with E-state index in [1.54, 1.807) is 25.3 Å². The largest absolute Gasteiger partial charge is 0.507 e. The summed E-state index contributed by atoms with van der Waals surface area (Å²) >= 11 is 0. The summed E-state index contributed by atoms with van der Waals surface area (Å²) in [6.07, 6.45) is 0. The van der Waals surface area contributed by atoms with Crippen molar-refractivity contribution in [1.82, 2.24) is 4.90 Å². The van der Waals surface area contributed by atoms with Gasteiger partial charge in [0.2, 0.25) is 0 Å². The van der Waals surface area contributed by atoms with Crippen molar-refractivity contribution < 1.29 is 24.2 Å². The Morgan fingerprint density at radius 1 is 0.947 bits per heavy atom. The monoisotopic (exact) mass is 513 g/mol. The van der Waals surface area contributed by atoms with E-state index in [1.807, 2.05) is 54.6 Å². The van der Waals surface area contributed by atoms with Gasteiger partial charge in [-0.25, -0.2) is 0 Å². The number of likely N-dealkylation sites (tertiary alicyclic amines) is 1. The zero-order chi connectivity index (χ0) is 27.4. The molecule has 1 aliphatic rings. The van der Waals surface area contributed by atoms with E-state index in [9.17, 15) is 14.7 Å². The molecule has 1 amide bonds. The third-order valence-electron chi connectivity index (χ3n) is 6.68. The van der Waals surface area contributed by atoms with E-state index in [0.717, 1.165) is 16.7 Å². The molecule has 4 rings (SSSR count). The first kappa shape index (κ1) is 27.0. The van der Waals surface area contributed by atoms with Crippen LogP contribution in [0.4, 0.5) is 0 Å². The third kappa shape index (κ3) is 5.59. The van der Waals surface area contributed by atoms with Crippen molar-refractivity contribution in [3.8, 4) is 11.5 Å². The molecule has 0 aliphatic carbocycles. The van der Waals surface area contributed by atoms with Gasteiger partial charge < -0.3 is 19.5 Å². The van der Waals surface area contributed by atoms with Gasteiger partial charge in [-0.15, -0.1) is 0 Å². The van der Waals surface area contributed by atoms with E-state index in [4.69, 9.17) is 9.47 Å². The van der Waals surface area contributed by atoms with Gasteiger partial charge >= 0.3 is 0 Å². The van der Waals surface area contributed by atoms with Crippen LogP contribution in [0.2, 0.25) is 0 Å². The van der Waals surface area contributed by atoms with Crippen LogP contribution in [0.15, 0.2) is 78.4 Å². The van der Waals surface area contributed by atoms with Gasteiger partial charge in [0.15, 0.2) is 0 Å². The average Bonchev–Trinajstić information content (AvgIpc) is 3.17. The summed E-state index contributed by atoms with van der Waals surface area (Å²) in [4.78, 5) is 28.4. The number of amides is 1. The molecule has 0 spiro atoms. The number of carbonyl (C=O) groups excluding carboxylic acids is 2. The Morgan fingerprint density at radius 3 is 2.32 bits per heavy atom. The van der Waals surface area contributed by atoms with Crippen molar-refractivity contribution in [2.45, 2.75) is 46.2 Å². The highest BCUT2D eigenvalue weighted by atomic mass is 16.5. The summed E-state index contributed by atoms with van der Waals surface area (Å²) in [5.74, 6) is 0.270. The van der Waals surface area contributed by atoms with Crippen LogP contribution in [0.5, 0.6) is 11.5 Å². The first-order chi connectivity index (χ1) is 18.2. The molecule has 1 heterocycles. The molecule has 0 bridgehead atoms. The number of methoxy groups -OCH3 is 1. The van der Waals surface area contributed by atoms with E-state index >= 15 is 0 Å². The van der Waals surface area contributed by atoms with E-state index in [0.29, 0.717) is 35.5 Å². The van der Waals surface area contributed by atoms with E-state index in [1.165, 1.54) is 4.90 Å². The topological polar surface area (TPSA) is 76.1 Å². The number of ketones is 1.